The predicted octanol–water partition coefficient (Wildman–Crippen LogP) is 3.64. The summed E-state index contributed by atoms with van der Waals surface area (Å²) in [4.78, 5) is 0. The van der Waals surface area contributed by atoms with Crippen LogP contribution in [-0.2, 0) is 0 Å². The molecule has 0 saturated heterocycles. The lowest BCUT2D eigenvalue weighted by Gasteiger charge is -2.18. The monoisotopic (exact) mass is 277 g/mol. The Bertz CT molecular complexity index is 617. The van der Waals surface area contributed by atoms with Crippen LogP contribution < -0.4 is 10.5 Å². The highest BCUT2D eigenvalue weighted by Crippen LogP contribution is 2.29. The Morgan fingerprint density at radius 3 is 2.15 bits per heavy atom. The molecule has 0 heterocycles. The quantitative estimate of drug-likeness (QED) is 0.929. The van der Waals surface area contributed by atoms with E-state index in [1.807, 2.05) is 0 Å². The molecule has 2 aromatic rings. The molecule has 106 valence electrons. The standard InChI is InChI=1S/C16H17F2NO/c1-9-6-12(17)7-10(2)15(9)16(19)11-4-5-14(20-3)13(18)8-11/h4-8,16H,19H2,1-3H3. The molecular weight excluding hydrogens is 260 g/mol. The van der Waals surface area contributed by atoms with Crippen molar-refractivity contribution in [1.29, 1.82) is 0 Å². The van der Waals surface area contributed by atoms with Crippen LogP contribution in [0, 0.1) is 25.5 Å². The van der Waals surface area contributed by atoms with Gasteiger partial charge in [-0.1, -0.05) is 6.07 Å². The number of nitrogens with two attached hydrogens (primary N) is 1. The maximum absolute atomic E-state index is 13.8. The maximum Gasteiger partial charge on any atom is 0.165 e. The van der Waals surface area contributed by atoms with E-state index in [-0.39, 0.29) is 11.6 Å². The average molecular weight is 277 g/mol. The Morgan fingerprint density at radius 1 is 1.05 bits per heavy atom. The minimum Gasteiger partial charge on any atom is -0.494 e. The largest absolute Gasteiger partial charge is 0.494 e. The van der Waals surface area contributed by atoms with Gasteiger partial charge in [-0.3, -0.25) is 0 Å². The average Bonchev–Trinajstić information content (AvgIpc) is 2.37. The van der Waals surface area contributed by atoms with Crippen LogP contribution in [0.1, 0.15) is 28.3 Å². The second-order valence-corrected chi connectivity index (χ2v) is 4.82. The summed E-state index contributed by atoms with van der Waals surface area (Å²) in [5.41, 5.74) is 9.15. The SMILES string of the molecule is COc1ccc(C(N)c2c(C)cc(F)cc2C)cc1F. The van der Waals surface area contributed by atoms with E-state index in [4.69, 9.17) is 10.5 Å². The molecule has 0 spiro atoms. The van der Waals surface area contributed by atoms with Gasteiger partial charge in [-0.05, 0) is 60.4 Å². The summed E-state index contributed by atoms with van der Waals surface area (Å²) in [7, 11) is 1.41. The number of methoxy groups -OCH3 is 1. The Kier molecular flexibility index (Phi) is 4.04. The zero-order valence-electron chi connectivity index (χ0n) is 11.7. The fourth-order valence-electron chi connectivity index (χ4n) is 2.46. The lowest BCUT2D eigenvalue weighted by atomic mass is 9.92. The Balaban J connectivity index is 2.46. The van der Waals surface area contributed by atoms with E-state index in [1.54, 1.807) is 26.0 Å². The summed E-state index contributed by atoms with van der Waals surface area (Å²) in [6.45, 7) is 3.59. The summed E-state index contributed by atoms with van der Waals surface area (Å²) >= 11 is 0. The van der Waals surface area contributed by atoms with Crippen LogP contribution in [0.25, 0.3) is 0 Å². The molecule has 0 fully saturated rings. The van der Waals surface area contributed by atoms with E-state index in [0.717, 1.165) is 16.7 Å². The molecule has 0 aliphatic heterocycles. The topological polar surface area (TPSA) is 35.2 Å². The van der Waals surface area contributed by atoms with Crippen LogP contribution in [0.4, 0.5) is 8.78 Å². The molecule has 0 aromatic heterocycles. The normalized spacial score (nSPS) is 12.3. The summed E-state index contributed by atoms with van der Waals surface area (Å²) in [5.74, 6) is -0.580. The number of rotatable bonds is 3. The fourth-order valence-corrected chi connectivity index (χ4v) is 2.46. The molecule has 0 bridgehead atoms. The molecule has 0 aliphatic rings. The number of halogens is 2. The zero-order valence-corrected chi connectivity index (χ0v) is 11.7. The highest BCUT2D eigenvalue weighted by Gasteiger charge is 2.16. The van der Waals surface area contributed by atoms with E-state index in [2.05, 4.69) is 0 Å². The number of ether oxygens (including phenoxy) is 1. The van der Waals surface area contributed by atoms with E-state index in [9.17, 15) is 8.78 Å². The highest BCUT2D eigenvalue weighted by molar-refractivity contribution is 5.43. The third-order valence-electron chi connectivity index (χ3n) is 3.40. The smallest absolute Gasteiger partial charge is 0.165 e. The van der Waals surface area contributed by atoms with Gasteiger partial charge in [0.05, 0.1) is 13.2 Å². The molecule has 0 aliphatic carbocycles. The molecule has 2 nitrogen and oxygen atoms in total. The molecule has 0 amide bonds. The van der Waals surface area contributed by atoms with Gasteiger partial charge in [0.1, 0.15) is 5.82 Å². The van der Waals surface area contributed by atoms with Gasteiger partial charge in [0.25, 0.3) is 0 Å². The molecule has 1 atom stereocenters. The van der Waals surface area contributed by atoms with Gasteiger partial charge in [-0.15, -0.1) is 0 Å². The Labute approximate surface area is 117 Å². The van der Waals surface area contributed by atoms with Crippen LogP contribution in [0.15, 0.2) is 30.3 Å². The van der Waals surface area contributed by atoms with Crippen LogP contribution in [0.5, 0.6) is 5.75 Å². The van der Waals surface area contributed by atoms with Gasteiger partial charge in [-0.2, -0.15) is 0 Å². The highest BCUT2D eigenvalue weighted by atomic mass is 19.1. The number of hydrogen-bond acceptors (Lipinski definition) is 2. The summed E-state index contributed by atoms with van der Waals surface area (Å²) in [6, 6.07) is 6.97. The van der Waals surface area contributed by atoms with Crippen molar-refractivity contribution in [3.63, 3.8) is 0 Å². The molecule has 1 unspecified atom stereocenters. The Hall–Kier alpha value is -1.94. The summed E-state index contributed by atoms with van der Waals surface area (Å²) in [6.07, 6.45) is 0. The van der Waals surface area contributed by atoms with Crippen LogP contribution in [-0.4, -0.2) is 7.11 Å². The van der Waals surface area contributed by atoms with Crippen molar-refractivity contribution in [2.75, 3.05) is 7.11 Å². The van der Waals surface area contributed by atoms with Crippen molar-refractivity contribution in [2.45, 2.75) is 19.9 Å². The van der Waals surface area contributed by atoms with Crippen LogP contribution in [0.2, 0.25) is 0 Å². The summed E-state index contributed by atoms with van der Waals surface area (Å²) < 4.78 is 32.0. The first-order chi connectivity index (χ1) is 9.43. The van der Waals surface area contributed by atoms with Crippen molar-refractivity contribution in [3.05, 3.63) is 64.2 Å². The first kappa shape index (κ1) is 14.5. The lowest BCUT2D eigenvalue weighted by molar-refractivity contribution is 0.386. The van der Waals surface area contributed by atoms with Crippen molar-refractivity contribution in [1.82, 2.24) is 0 Å². The van der Waals surface area contributed by atoms with Crippen LogP contribution >= 0.6 is 0 Å². The van der Waals surface area contributed by atoms with E-state index in [1.165, 1.54) is 25.3 Å². The van der Waals surface area contributed by atoms with Crippen molar-refractivity contribution in [2.24, 2.45) is 5.73 Å². The molecule has 2 rings (SSSR count). The maximum atomic E-state index is 13.8. The molecule has 20 heavy (non-hydrogen) atoms. The minimum absolute atomic E-state index is 0.175. The minimum atomic E-state index is -0.504. The first-order valence-corrected chi connectivity index (χ1v) is 6.29. The number of aryl methyl sites for hydroxylation is 2. The summed E-state index contributed by atoms with van der Waals surface area (Å²) in [5, 5.41) is 0. The van der Waals surface area contributed by atoms with Crippen molar-refractivity contribution < 1.29 is 13.5 Å². The van der Waals surface area contributed by atoms with Gasteiger partial charge >= 0.3 is 0 Å². The molecule has 2 aromatic carbocycles. The van der Waals surface area contributed by atoms with E-state index in [0.29, 0.717) is 5.56 Å². The molecular formula is C16H17F2NO. The van der Waals surface area contributed by atoms with Gasteiger partial charge in [-0.25, -0.2) is 8.78 Å². The van der Waals surface area contributed by atoms with Gasteiger partial charge in [0.15, 0.2) is 11.6 Å². The van der Waals surface area contributed by atoms with Gasteiger partial charge in [0.2, 0.25) is 0 Å². The zero-order chi connectivity index (χ0) is 14.9. The van der Waals surface area contributed by atoms with E-state index >= 15 is 0 Å². The molecule has 4 heteroatoms. The third kappa shape index (κ3) is 2.65. The van der Waals surface area contributed by atoms with Crippen molar-refractivity contribution in [3.8, 4) is 5.75 Å². The Morgan fingerprint density at radius 2 is 1.65 bits per heavy atom. The fraction of sp³-hybridized carbons (Fsp3) is 0.250. The third-order valence-corrected chi connectivity index (χ3v) is 3.40. The second kappa shape index (κ2) is 5.59. The van der Waals surface area contributed by atoms with Crippen molar-refractivity contribution >= 4 is 0 Å². The van der Waals surface area contributed by atoms with Gasteiger partial charge in [0, 0.05) is 0 Å². The lowest BCUT2D eigenvalue weighted by Crippen LogP contribution is -2.15. The molecule has 0 radical (unpaired) electrons. The second-order valence-electron chi connectivity index (χ2n) is 4.82. The molecule has 0 saturated carbocycles. The van der Waals surface area contributed by atoms with E-state index < -0.39 is 11.9 Å². The molecule has 2 N–H and O–H groups in total. The first-order valence-electron chi connectivity index (χ1n) is 6.29. The number of benzene rings is 2. The van der Waals surface area contributed by atoms with Crippen LogP contribution in [0.3, 0.4) is 0 Å². The predicted molar refractivity (Wildman–Crippen MR) is 74.9 cm³/mol. The number of hydrogen-bond donors (Lipinski definition) is 1. The van der Waals surface area contributed by atoms with Gasteiger partial charge < -0.3 is 10.5 Å².